The first-order valence-electron chi connectivity index (χ1n) is 4.00. The highest BCUT2D eigenvalue weighted by molar-refractivity contribution is 5.43. The van der Waals surface area contributed by atoms with Crippen molar-refractivity contribution in [2.24, 2.45) is 0 Å². The zero-order valence-corrected chi connectivity index (χ0v) is 7.15. The molecule has 1 nitrogen and oxygen atoms in total. The first-order chi connectivity index (χ1) is 6.73. The summed E-state index contributed by atoms with van der Waals surface area (Å²) in [6, 6.07) is 3.55. The van der Waals surface area contributed by atoms with Gasteiger partial charge in [-0.2, -0.15) is 22.0 Å². The maximum absolute atomic E-state index is 13.2. The van der Waals surface area contributed by atoms with Crippen molar-refractivity contribution in [1.82, 2.24) is 0 Å². The molecule has 1 unspecified atom stereocenters. The smallest absolute Gasteiger partial charge is 0.353 e. The fourth-order valence-corrected chi connectivity index (χ4v) is 1.59. The molecule has 0 aliphatic heterocycles. The van der Waals surface area contributed by atoms with Gasteiger partial charge in [-0.05, 0) is 0 Å². The molecule has 1 N–H and O–H groups in total. The predicted octanol–water partition coefficient (Wildman–Crippen LogP) is 2.54. The van der Waals surface area contributed by atoms with Gasteiger partial charge in [0.25, 0.3) is 0 Å². The molecule has 0 amide bonds. The highest BCUT2D eigenvalue weighted by Crippen LogP contribution is 2.60. The van der Waals surface area contributed by atoms with Gasteiger partial charge in [0.1, 0.15) is 0 Å². The quantitative estimate of drug-likeness (QED) is 0.671. The fourth-order valence-electron chi connectivity index (χ4n) is 1.59. The Hall–Kier alpha value is -1.17. The molecular weight excluding hydrogens is 219 g/mol. The van der Waals surface area contributed by atoms with Gasteiger partial charge < -0.3 is 5.11 Å². The minimum atomic E-state index is -5.15. The summed E-state index contributed by atoms with van der Waals surface area (Å²) < 4.78 is 65.2. The number of alkyl halides is 5. The zero-order chi connectivity index (χ0) is 11.5. The molecule has 0 radical (unpaired) electrons. The Morgan fingerprint density at radius 1 is 0.867 bits per heavy atom. The molecule has 0 saturated carbocycles. The maximum Gasteiger partial charge on any atom is 0.375 e. The summed E-state index contributed by atoms with van der Waals surface area (Å²) in [6.07, 6.45) is 0. The van der Waals surface area contributed by atoms with Gasteiger partial charge in [0, 0.05) is 11.1 Å². The van der Waals surface area contributed by atoms with E-state index in [0.717, 1.165) is 12.1 Å². The lowest BCUT2D eigenvalue weighted by Gasteiger charge is -2.25. The summed E-state index contributed by atoms with van der Waals surface area (Å²) in [5.41, 5.74) is -2.26. The minimum Gasteiger partial charge on any atom is -0.353 e. The monoisotopic (exact) mass is 224 g/mol. The Balaban J connectivity index is 2.78. The Labute approximate surface area is 81.1 Å². The molecule has 6 heteroatoms. The van der Waals surface area contributed by atoms with E-state index in [0.29, 0.717) is 12.1 Å². The topological polar surface area (TPSA) is 20.2 Å². The van der Waals surface area contributed by atoms with E-state index in [1.165, 1.54) is 0 Å². The van der Waals surface area contributed by atoms with Crippen molar-refractivity contribution >= 4 is 0 Å². The number of rotatable bonds is 0. The second-order valence-corrected chi connectivity index (χ2v) is 3.32. The lowest BCUT2D eigenvalue weighted by molar-refractivity contribution is -0.328. The highest BCUT2D eigenvalue weighted by atomic mass is 19.3. The van der Waals surface area contributed by atoms with Crippen molar-refractivity contribution < 1.29 is 27.1 Å². The lowest BCUT2D eigenvalue weighted by atomic mass is 10.1. The van der Waals surface area contributed by atoms with Crippen LogP contribution >= 0.6 is 0 Å². The van der Waals surface area contributed by atoms with E-state index in [1.54, 1.807) is 0 Å². The standard InChI is InChI=1S/C9H5F5O/c10-7(11)5-3-1-2-4-6(5)8(12,15)9(7,13)14/h1-4,15H. The van der Waals surface area contributed by atoms with Gasteiger partial charge in [0.2, 0.25) is 0 Å². The van der Waals surface area contributed by atoms with E-state index in [4.69, 9.17) is 5.11 Å². The highest BCUT2D eigenvalue weighted by Gasteiger charge is 2.77. The Morgan fingerprint density at radius 3 is 1.80 bits per heavy atom. The van der Waals surface area contributed by atoms with Crippen LogP contribution < -0.4 is 0 Å². The molecule has 1 aliphatic carbocycles. The van der Waals surface area contributed by atoms with E-state index in [1.807, 2.05) is 0 Å². The van der Waals surface area contributed by atoms with E-state index in [9.17, 15) is 22.0 Å². The van der Waals surface area contributed by atoms with Crippen LogP contribution in [0.15, 0.2) is 24.3 Å². The van der Waals surface area contributed by atoms with E-state index >= 15 is 0 Å². The number of halogens is 5. The van der Waals surface area contributed by atoms with Gasteiger partial charge in [-0.3, -0.25) is 0 Å². The molecule has 1 aromatic rings. The van der Waals surface area contributed by atoms with Gasteiger partial charge in [-0.1, -0.05) is 24.3 Å². The first kappa shape index (κ1) is 10.4. The van der Waals surface area contributed by atoms with Crippen LogP contribution in [0.5, 0.6) is 0 Å². The third-order valence-electron chi connectivity index (χ3n) is 2.43. The molecule has 0 saturated heterocycles. The van der Waals surface area contributed by atoms with Crippen LogP contribution in [0.4, 0.5) is 22.0 Å². The summed E-state index contributed by atoms with van der Waals surface area (Å²) >= 11 is 0. The molecule has 0 aromatic heterocycles. The van der Waals surface area contributed by atoms with Crippen LogP contribution in [0.25, 0.3) is 0 Å². The van der Waals surface area contributed by atoms with Crippen molar-refractivity contribution in [2.75, 3.05) is 0 Å². The molecule has 0 heterocycles. The largest absolute Gasteiger partial charge is 0.375 e. The van der Waals surface area contributed by atoms with Gasteiger partial charge in [-0.15, -0.1) is 0 Å². The predicted molar refractivity (Wildman–Crippen MR) is 40.3 cm³/mol. The Morgan fingerprint density at radius 2 is 1.33 bits per heavy atom. The van der Waals surface area contributed by atoms with Gasteiger partial charge in [0.05, 0.1) is 0 Å². The molecule has 82 valence electrons. The molecule has 15 heavy (non-hydrogen) atoms. The van der Waals surface area contributed by atoms with Crippen molar-refractivity contribution in [3.8, 4) is 0 Å². The third-order valence-corrected chi connectivity index (χ3v) is 2.43. The van der Waals surface area contributed by atoms with Crippen LogP contribution in [0.1, 0.15) is 11.1 Å². The van der Waals surface area contributed by atoms with Crippen molar-refractivity contribution in [3.05, 3.63) is 35.4 Å². The summed E-state index contributed by atoms with van der Waals surface area (Å²) in [4.78, 5) is 0. The molecule has 2 rings (SSSR count). The second-order valence-electron chi connectivity index (χ2n) is 3.32. The molecule has 0 bridgehead atoms. The summed E-state index contributed by atoms with van der Waals surface area (Å²) in [5.74, 6) is -14.2. The van der Waals surface area contributed by atoms with Crippen molar-refractivity contribution in [2.45, 2.75) is 17.7 Å². The van der Waals surface area contributed by atoms with Crippen LogP contribution in [0.2, 0.25) is 0 Å². The summed E-state index contributed by atoms with van der Waals surface area (Å²) in [6.45, 7) is 0. The maximum atomic E-state index is 13.2. The number of hydrogen-bond acceptors (Lipinski definition) is 1. The number of fused-ring (bicyclic) bond motifs is 1. The van der Waals surface area contributed by atoms with Crippen LogP contribution in [-0.4, -0.2) is 11.0 Å². The number of aliphatic hydroxyl groups is 1. The van der Waals surface area contributed by atoms with Crippen LogP contribution in [0.3, 0.4) is 0 Å². The minimum absolute atomic E-state index is 0.667. The SMILES string of the molecule is OC1(F)c2ccccc2C(F)(F)C1(F)F. The van der Waals surface area contributed by atoms with Crippen molar-refractivity contribution in [1.29, 1.82) is 0 Å². The molecular formula is C9H5F5O. The third kappa shape index (κ3) is 0.949. The zero-order valence-electron chi connectivity index (χ0n) is 7.15. The Kier molecular flexibility index (Phi) is 1.72. The molecule has 1 aromatic carbocycles. The van der Waals surface area contributed by atoms with E-state index in [2.05, 4.69) is 0 Å². The average molecular weight is 224 g/mol. The van der Waals surface area contributed by atoms with Gasteiger partial charge in [0.15, 0.2) is 0 Å². The van der Waals surface area contributed by atoms with Gasteiger partial charge in [-0.25, -0.2) is 0 Å². The van der Waals surface area contributed by atoms with Crippen LogP contribution in [-0.2, 0) is 11.8 Å². The first-order valence-corrected chi connectivity index (χ1v) is 4.00. The summed E-state index contributed by atoms with van der Waals surface area (Å²) in [5, 5.41) is 8.81. The van der Waals surface area contributed by atoms with Gasteiger partial charge >= 0.3 is 17.7 Å². The van der Waals surface area contributed by atoms with E-state index < -0.39 is 28.8 Å². The normalized spacial score (nSPS) is 31.3. The Bertz CT molecular complexity index is 376. The fraction of sp³-hybridized carbons (Fsp3) is 0.333. The summed E-state index contributed by atoms with van der Waals surface area (Å²) in [7, 11) is 0. The van der Waals surface area contributed by atoms with Crippen LogP contribution in [0, 0.1) is 0 Å². The second kappa shape index (κ2) is 2.49. The molecule has 0 fully saturated rings. The average Bonchev–Trinajstić information content (AvgIpc) is 2.26. The van der Waals surface area contributed by atoms with Crippen molar-refractivity contribution in [3.63, 3.8) is 0 Å². The number of hydrogen-bond donors (Lipinski definition) is 1. The molecule has 0 spiro atoms. The van der Waals surface area contributed by atoms with E-state index in [-0.39, 0.29) is 0 Å². The lowest BCUT2D eigenvalue weighted by Crippen LogP contribution is -2.46. The molecule has 1 aliphatic rings. The molecule has 1 atom stereocenters. The number of benzene rings is 1.